The van der Waals surface area contributed by atoms with Crippen LogP contribution in [0.5, 0.6) is 0 Å². The van der Waals surface area contributed by atoms with Crippen LogP contribution in [0, 0.1) is 0 Å². The fourth-order valence-electron chi connectivity index (χ4n) is 0.801. The molecule has 4 heteroatoms. The lowest BCUT2D eigenvalue weighted by Gasteiger charge is -2.13. The summed E-state index contributed by atoms with van der Waals surface area (Å²) in [6, 6.07) is 0. The molecule has 1 unspecified atom stereocenters. The Morgan fingerprint density at radius 2 is 2.38 bits per heavy atom. The summed E-state index contributed by atoms with van der Waals surface area (Å²) in [4.78, 5) is 14.9. The molecule has 1 heterocycles. The van der Waals surface area contributed by atoms with E-state index in [1.54, 1.807) is 37.1 Å². The van der Waals surface area contributed by atoms with Gasteiger partial charge in [-0.15, -0.1) is 0 Å². The number of rotatable bonds is 3. The zero-order chi connectivity index (χ0) is 9.84. The van der Waals surface area contributed by atoms with Crippen LogP contribution in [0.25, 0.3) is 0 Å². The SMILES string of the molecule is C=C(C)C(=O)OC(C)n1ccnc1. The normalized spacial score (nSPS) is 12.2. The fraction of sp³-hybridized carbons (Fsp3) is 0.333. The lowest BCUT2D eigenvalue weighted by Crippen LogP contribution is -2.13. The molecule has 0 aliphatic heterocycles. The lowest BCUT2D eigenvalue weighted by molar-refractivity contribution is -0.147. The van der Waals surface area contributed by atoms with Crippen molar-refractivity contribution in [1.82, 2.24) is 9.55 Å². The van der Waals surface area contributed by atoms with E-state index >= 15 is 0 Å². The Balaban J connectivity index is 2.56. The van der Waals surface area contributed by atoms with E-state index in [4.69, 9.17) is 4.74 Å². The van der Waals surface area contributed by atoms with Gasteiger partial charge in [0, 0.05) is 18.0 Å². The van der Waals surface area contributed by atoms with Crippen LogP contribution in [-0.2, 0) is 9.53 Å². The molecule has 0 saturated carbocycles. The van der Waals surface area contributed by atoms with E-state index < -0.39 is 0 Å². The molecule has 4 nitrogen and oxygen atoms in total. The first-order valence-corrected chi connectivity index (χ1v) is 3.95. The van der Waals surface area contributed by atoms with Gasteiger partial charge in [0.15, 0.2) is 6.23 Å². The van der Waals surface area contributed by atoms with E-state index in [1.165, 1.54) is 0 Å². The molecular formula is C9H12N2O2. The first-order valence-electron chi connectivity index (χ1n) is 3.95. The molecule has 70 valence electrons. The molecule has 0 saturated heterocycles. The van der Waals surface area contributed by atoms with Crippen molar-refractivity contribution in [3.05, 3.63) is 30.9 Å². The second-order valence-corrected chi connectivity index (χ2v) is 2.79. The standard InChI is InChI=1S/C9H12N2O2/c1-7(2)9(12)13-8(3)11-5-4-10-6-11/h4-6,8H,1H2,2-3H3. The van der Waals surface area contributed by atoms with E-state index in [1.807, 2.05) is 0 Å². The third-order valence-corrected chi connectivity index (χ3v) is 1.57. The zero-order valence-electron chi connectivity index (χ0n) is 7.73. The fourth-order valence-corrected chi connectivity index (χ4v) is 0.801. The van der Waals surface area contributed by atoms with E-state index in [0.717, 1.165) is 0 Å². The van der Waals surface area contributed by atoms with Gasteiger partial charge in [-0.05, 0) is 13.8 Å². The topological polar surface area (TPSA) is 44.1 Å². The second kappa shape index (κ2) is 3.89. The van der Waals surface area contributed by atoms with Crippen molar-refractivity contribution in [1.29, 1.82) is 0 Å². The van der Waals surface area contributed by atoms with Crippen LogP contribution in [0.15, 0.2) is 30.9 Å². The Morgan fingerprint density at radius 3 is 2.85 bits per heavy atom. The highest BCUT2D eigenvalue weighted by molar-refractivity contribution is 5.86. The highest BCUT2D eigenvalue weighted by Gasteiger charge is 2.10. The van der Waals surface area contributed by atoms with Gasteiger partial charge in [-0.25, -0.2) is 9.78 Å². The van der Waals surface area contributed by atoms with Crippen molar-refractivity contribution in [2.75, 3.05) is 0 Å². The highest BCUT2D eigenvalue weighted by atomic mass is 16.6. The first-order chi connectivity index (χ1) is 6.11. The first kappa shape index (κ1) is 9.51. The van der Waals surface area contributed by atoms with Gasteiger partial charge in [0.25, 0.3) is 0 Å². The maximum Gasteiger partial charge on any atom is 0.335 e. The molecule has 0 aromatic carbocycles. The molecule has 0 radical (unpaired) electrons. The summed E-state index contributed by atoms with van der Waals surface area (Å²) in [5.74, 6) is -0.388. The Bertz CT molecular complexity index is 303. The van der Waals surface area contributed by atoms with Crippen LogP contribution in [0.1, 0.15) is 20.1 Å². The monoisotopic (exact) mass is 180 g/mol. The van der Waals surface area contributed by atoms with Gasteiger partial charge in [0.05, 0.1) is 6.33 Å². The molecule has 0 fully saturated rings. The van der Waals surface area contributed by atoms with Crippen LogP contribution >= 0.6 is 0 Å². The maximum absolute atomic E-state index is 11.1. The van der Waals surface area contributed by atoms with Gasteiger partial charge in [-0.1, -0.05) is 6.58 Å². The number of hydrogen-bond acceptors (Lipinski definition) is 3. The van der Waals surface area contributed by atoms with Crippen LogP contribution in [0.3, 0.4) is 0 Å². The minimum absolute atomic E-state index is 0.341. The molecular weight excluding hydrogens is 168 g/mol. The number of carbonyl (C=O) groups excluding carboxylic acids is 1. The molecule has 0 spiro atoms. The molecule has 0 bridgehead atoms. The molecule has 1 rings (SSSR count). The zero-order valence-corrected chi connectivity index (χ0v) is 7.73. The molecule has 0 aliphatic rings. The van der Waals surface area contributed by atoms with Crippen LogP contribution in [0.2, 0.25) is 0 Å². The van der Waals surface area contributed by atoms with E-state index in [-0.39, 0.29) is 12.2 Å². The number of imidazole rings is 1. The van der Waals surface area contributed by atoms with Crippen molar-refractivity contribution in [3.63, 3.8) is 0 Å². The lowest BCUT2D eigenvalue weighted by atomic mass is 10.4. The van der Waals surface area contributed by atoms with Gasteiger partial charge in [0.2, 0.25) is 0 Å². The quantitative estimate of drug-likeness (QED) is 0.523. The molecule has 0 amide bonds. The third kappa shape index (κ3) is 2.43. The van der Waals surface area contributed by atoms with Crippen molar-refractivity contribution < 1.29 is 9.53 Å². The van der Waals surface area contributed by atoms with Crippen LogP contribution in [0.4, 0.5) is 0 Å². The molecule has 1 aromatic heterocycles. The van der Waals surface area contributed by atoms with Crippen molar-refractivity contribution in [2.45, 2.75) is 20.1 Å². The predicted octanol–water partition coefficient (Wildman–Crippen LogP) is 1.52. The maximum atomic E-state index is 11.1. The molecule has 1 aromatic rings. The average Bonchev–Trinajstić information content (AvgIpc) is 2.55. The highest BCUT2D eigenvalue weighted by Crippen LogP contribution is 2.08. The number of ether oxygens (including phenoxy) is 1. The van der Waals surface area contributed by atoms with Gasteiger partial charge >= 0.3 is 5.97 Å². The summed E-state index contributed by atoms with van der Waals surface area (Å²) in [6.07, 6.45) is 4.62. The largest absolute Gasteiger partial charge is 0.438 e. The number of aromatic nitrogens is 2. The van der Waals surface area contributed by atoms with Gasteiger partial charge < -0.3 is 9.30 Å². The smallest absolute Gasteiger partial charge is 0.335 e. The second-order valence-electron chi connectivity index (χ2n) is 2.79. The van der Waals surface area contributed by atoms with Crippen LogP contribution < -0.4 is 0 Å². The summed E-state index contributed by atoms with van der Waals surface area (Å²) >= 11 is 0. The van der Waals surface area contributed by atoms with Crippen molar-refractivity contribution in [2.24, 2.45) is 0 Å². The minimum Gasteiger partial charge on any atom is -0.438 e. The number of hydrogen-bond donors (Lipinski definition) is 0. The number of carbonyl (C=O) groups is 1. The summed E-state index contributed by atoms with van der Waals surface area (Å²) in [6.45, 7) is 6.87. The van der Waals surface area contributed by atoms with E-state index in [0.29, 0.717) is 5.57 Å². The third-order valence-electron chi connectivity index (χ3n) is 1.57. The summed E-state index contributed by atoms with van der Waals surface area (Å²) < 4.78 is 6.74. The Morgan fingerprint density at radius 1 is 1.69 bits per heavy atom. The molecule has 0 aliphatic carbocycles. The number of nitrogens with zero attached hydrogens (tertiary/aromatic N) is 2. The van der Waals surface area contributed by atoms with Crippen LogP contribution in [-0.4, -0.2) is 15.5 Å². The molecule has 1 atom stereocenters. The van der Waals surface area contributed by atoms with E-state index in [2.05, 4.69) is 11.6 Å². The summed E-state index contributed by atoms with van der Waals surface area (Å²) in [5, 5.41) is 0. The predicted molar refractivity (Wildman–Crippen MR) is 47.8 cm³/mol. The summed E-state index contributed by atoms with van der Waals surface area (Å²) in [7, 11) is 0. The van der Waals surface area contributed by atoms with Gasteiger partial charge in [0.1, 0.15) is 0 Å². The Hall–Kier alpha value is -1.58. The Kier molecular flexibility index (Phi) is 2.84. The summed E-state index contributed by atoms with van der Waals surface area (Å²) in [5.41, 5.74) is 0.395. The van der Waals surface area contributed by atoms with Crippen molar-refractivity contribution in [3.8, 4) is 0 Å². The molecule has 0 N–H and O–H groups in total. The van der Waals surface area contributed by atoms with Gasteiger partial charge in [-0.3, -0.25) is 0 Å². The van der Waals surface area contributed by atoms with Gasteiger partial charge in [-0.2, -0.15) is 0 Å². The number of esters is 1. The van der Waals surface area contributed by atoms with Crippen molar-refractivity contribution >= 4 is 5.97 Å². The molecule has 13 heavy (non-hydrogen) atoms. The minimum atomic E-state index is -0.388. The van der Waals surface area contributed by atoms with E-state index in [9.17, 15) is 4.79 Å². The Labute approximate surface area is 76.8 Å². The average molecular weight is 180 g/mol.